The number of benzene rings is 1. The zero-order valence-corrected chi connectivity index (χ0v) is 28.4. The summed E-state index contributed by atoms with van der Waals surface area (Å²) in [4.78, 5) is 84.1. The summed E-state index contributed by atoms with van der Waals surface area (Å²) in [5, 5.41) is 25.0. The molecule has 3 aliphatic heterocycles. The van der Waals surface area contributed by atoms with E-state index in [9.17, 15) is 39.0 Å². The van der Waals surface area contributed by atoms with E-state index in [4.69, 9.17) is 5.73 Å². The highest BCUT2D eigenvalue weighted by Gasteiger charge is 2.44. The molecule has 0 saturated carbocycles. The van der Waals surface area contributed by atoms with Gasteiger partial charge in [-0.2, -0.15) is 12.6 Å². The van der Waals surface area contributed by atoms with Gasteiger partial charge in [-0.05, 0) is 68.6 Å². The first kappa shape index (κ1) is 37.0. The van der Waals surface area contributed by atoms with Crippen LogP contribution < -0.4 is 16.4 Å². The molecular weight excluding hydrogens is 640 g/mol. The number of hydrogen-bond donors (Lipinski definition) is 6. The Morgan fingerprint density at radius 2 is 1.40 bits per heavy atom. The molecular formula is C33H48N6O8S. The summed E-state index contributed by atoms with van der Waals surface area (Å²) in [5.74, 6) is -3.32. The quantitative estimate of drug-likeness (QED) is 0.157. The molecule has 0 radical (unpaired) electrons. The topological polar surface area (TPSA) is 203 Å². The van der Waals surface area contributed by atoms with Gasteiger partial charge < -0.3 is 41.3 Å². The summed E-state index contributed by atoms with van der Waals surface area (Å²) in [6.45, 7) is 4.74. The molecule has 6 atom stereocenters. The molecule has 0 unspecified atom stereocenters. The number of carboxylic acid groups (broad SMARTS) is 1. The Morgan fingerprint density at radius 1 is 0.833 bits per heavy atom. The maximum absolute atomic E-state index is 13.9. The molecule has 3 aliphatic rings. The number of aliphatic carboxylic acids is 1. The van der Waals surface area contributed by atoms with Crippen LogP contribution >= 0.6 is 12.6 Å². The number of carboxylic acids is 1. The second-order valence-corrected chi connectivity index (χ2v) is 13.7. The number of phenols is 1. The van der Waals surface area contributed by atoms with E-state index in [0.717, 1.165) is 0 Å². The molecule has 0 spiro atoms. The maximum Gasteiger partial charge on any atom is 0.326 e. The van der Waals surface area contributed by atoms with Gasteiger partial charge in [0, 0.05) is 31.8 Å². The molecule has 0 aromatic heterocycles. The number of nitrogens with one attached hydrogen (secondary N) is 2. The number of nitrogens with zero attached hydrogens (tertiary/aromatic N) is 3. The number of phenolic OH excluding ortho intramolecular Hbond substituents is 1. The first-order valence-corrected chi connectivity index (χ1v) is 17.3. The summed E-state index contributed by atoms with van der Waals surface area (Å²) in [6.07, 6.45) is 3.14. The SMILES string of the molecule is CC(C)C[C@H](NC(=O)[C@H](Cc1ccc(O)cc1)NC(=O)[C@@H]1CCCN1C(=O)[C@@H]1CCCN1C(=O)[C@@H](N)CS)C(=O)N1CCC[C@H]1C(=O)O. The molecule has 0 bridgehead atoms. The molecule has 1 aromatic rings. The molecule has 1 aromatic carbocycles. The zero-order chi connectivity index (χ0) is 35.1. The molecule has 48 heavy (non-hydrogen) atoms. The first-order chi connectivity index (χ1) is 22.8. The highest BCUT2D eigenvalue weighted by molar-refractivity contribution is 7.80. The van der Waals surface area contributed by atoms with Crippen LogP contribution in [0.1, 0.15) is 64.4 Å². The van der Waals surface area contributed by atoms with Crippen LogP contribution in [-0.4, -0.2) is 122 Å². The largest absolute Gasteiger partial charge is 0.508 e. The minimum atomic E-state index is -1.16. The van der Waals surface area contributed by atoms with Crippen LogP contribution in [0.15, 0.2) is 24.3 Å². The summed E-state index contributed by atoms with van der Waals surface area (Å²) < 4.78 is 0. The van der Waals surface area contributed by atoms with Gasteiger partial charge in [-0.3, -0.25) is 24.0 Å². The normalized spacial score (nSPS) is 22.8. The van der Waals surface area contributed by atoms with E-state index in [1.807, 2.05) is 13.8 Å². The Balaban J connectivity index is 1.53. The monoisotopic (exact) mass is 688 g/mol. The third-order valence-corrected chi connectivity index (χ3v) is 9.72. The predicted octanol–water partition coefficient (Wildman–Crippen LogP) is 0.265. The highest BCUT2D eigenvalue weighted by atomic mass is 32.1. The Morgan fingerprint density at radius 3 is 1.98 bits per heavy atom. The van der Waals surface area contributed by atoms with E-state index in [1.165, 1.54) is 26.8 Å². The van der Waals surface area contributed by atoms with Crippen molar-refractivity contribution in [3.05, 3.63) is 29.8 Å². The Kier molecular flexibility index (Phi) is 12.7. The van der Waals surface area contributed by atoms with Crippen molar-refractivity contribution in [1.82, 2.24) is 25.3 Å². The number of nitrogens with two attached hydrogens (primary N) is 1. The van der Waals surface area contributed by atoms with Crippen LogP contribution in [0.25, 0.3) is 0 Å². The van der Waals surface area contributed by atoms with E-state index in [1.54, 1.807) is 12.1 Å². The molecule has 4 rings (SSSR count). The molecule has 264 valence electrons. The fraction of sp³-hybridized carbons (Fsp3) is 0.636. The average molecular weight is 689 g/mol. The van der Waals surface area contributed by atoms with Crippen molar-refractivity contribution in [3.63, 3.8) is 0 Å². The lowest BCUT2D eigenvalue weighted by Gasteiger charge is -2.33. The van der Waals surface area contributed by atoms with Crippen molar-refractivity contribution < 1.29 is 39.0 Å². The fourth-order valence-corrected chi connectivity index (χ4v) is 7.03. The van der Waals surface area contributed by atoms with E-state index in [0.29, 0.717) is 57.2 Å². The Labute approximate surface area is 286 Å². The molecule has 3 saturated heterocycles. The molecule has 3 heterocycles. The van der Waals surface area contributed by atoms with Crippen LogP contribution in [0.2, 0.25) is 0 Å². The van der Waals surface area contributed by atoms with Crippen LogP contribution in [0, 0.1) is 5.92 Å². The number of hydrogen-bond acceptors (Lipinski definition) is 9. The minimum absolute atomic E-state index is 0.0160. The molecule has 0 aliphatic carbocycles. The summed E-state index contributed by atoms with van der Waals surface area (Å²) >= 11 is 4.12. The standard InChI is InChI=1S/C33H48N6O8S/c1-19(2)16-24(31(44)39-15-5-8-27(39)33(46)47)36-28(41)23(17-20-9-11-21(40)12-10-20)35-29(42)25-6-3-13-37(25)32(45)26-7-4-14-38(26)30(43)22(34)18-48/h9-12,19,22-27,40,48H,3-8,13-18,34H2,1-2H3,(H,35,42)(H,36,41)(H,46,47)/t22-,23-,24-,25-,26-,27-/m0/s1. The maximum atomic E-state index is 13.9. The number of carbonyl (C=O) groups excluding carboxylic acids is 5. The third kappa shape index (κ3) is 8.78. The lowest BCUT2D eigenvalue weighted by atomic mass is 10.00. The molecule has 6 N–H and O–H groups in total. The lowest BCUT2D eigenvalue weighted by Crippen LogP contribution is -2.59. The van der Waals surface area contributed by atoms with Crippen LogP contribution in [-0.2, 0) is 35.2 Å². The molecule has 5 amide bonds. The highest BCUT2D eigenvalue weighted by Crippen LogP contribution is 2.26. The van der Waals surface area contributed by atoms with Gasteiger partial charge in [0.2, 0.25) is 29.5 Å². The first-order valence-electron chi connectivity index (χ1n) is 16.7. The second kappa shape index (κ2) is 16.5. The summed E-state index contributed by atoms with van der Waals surface area (Å²) in [7, 11) is 0. The van der Waals surface area contributed by atoms with Gasteiger partial charge in [-0.1, -0.05) is 26.0 Å². The number of carbonyl (C=O) groups is 6. The summed E-state index contributed by atoms with van der Waals surface area (Å²) in [6, 6.07) is 0.551. The van der Waals surface area contributed by atoms with Gasteiger partial charge in [-0.15, -0.1) is 0 Å². The van der Waals surface area contributed by atoms with E-state index in [-0.39, 0.29) is 48.6 Å². The van der Waals surface area contributed by atoms with Crippen LogP contribution in [0.3, 0.4) is 0 Å². The number of rotatable bonds is 13. The molecule has 3 fully saturated rings. The lowest BCUT2D eigenvalue weighted by molar-refractivity contribution is -0.149. The fourth-order valence-electron chi connectivity index (χ4n) is 6.87. The van der Waals surface area contributed by atoms with Crippen LogP contribution in [0.5, 0.6) is 5.75 Å². The van der Waals surface area contributed by atoms with E-state index >= 15 is 0 Å². The van der Waals surface area contributed by atoms with Crippen molar-refractivity contribution >= 4 is 48.1 Å². The smallest absolute Gasteiger partial charge is 0.326 e. The van der Waals surface area contributed by atoms with Crippen molar-refractivity contribution in [2.24, 2.45) is 11.7 Å². The summed E-state index contributed by atoms with van der Waals surface area (Å²) in [5.41, 5.74) is 6.55. The van der Waals surface area contributed by atoms with Crippen molar-refractivity contribution in [2.75, 3.05) is 25.4 Å². The van der Waals surface area contributed by atoms with Gasteiger partial charge in [0.05, 0.1) is 6.04 Å². The van der Waals surface area contributed by atoms with Crippen molar-refractivity contribution in [2.45, 2.75) is 101 Å². The van der Waals surface area contributed by atoms with Gasteiger partial charge in [0.1, 0.15) is 36.0 Å². The van der Waals surface area contributed by atoms with Crippen molar-refractivity contribution in [3.8, 4) is 5.75 Å². The average Bonchev–Trinajstić information content (AvgIpc) is 3.84. The predicted molar refractivity (Wildman–Crippen MR) is 179 cm³/mol. The Hall–Kier alpha value is -3.85. The van der Waals surface area contributed by atoms with Gasteiger partial charge in [0.15, 0.2) is 0 Å². The number of likely N-dealkylation sites (tertiary alicyclic amines) is 3. The third-order valence-electron chi connectivity index (χ3n) is 9.33. The van der Waals surface area contributed by atoms with Crippen LogP contribution in [0.4, 0.5) is 0 Å². The van der Waals surface area contributed by atoms with Gasteiger partial charge >= 0.3 is 5.97 Å². The van der Waals surface area contributed by atoms with Gasteiger partial charge in [0.25, 0.3) is 0 Å². The number of thiol groups is 1. The minimum Gasteiger partial charge on any atom is -0.508 e. The van der Waals surface area contributed by atoms with E-state index < -0.39 is 59.9 Å². The Bertz CT molecular complexity index is 1360. The zero-order valence-electron chi connectivity index (χ0n) is 27.5. The second-order valence-electron chi connectivity index (χ2n) is 13.3. The molecule has 15 heteroatoms. The van der Waals surface area contributed by atoms with Gasteiger partial charge in [-0.25, -0.2) is 4.79 Å². The number of aromatic hydroxyl groups is 1. The van der Waals surface area contributed by atoms with Crippen molar-refractivity contribution in [1.29, 1.82) is 0 Å². The molecule has 14 nitrogen and oxygen atoms in total. The van der Waals surface area contributed by atoms with E-state index in [2.05, 4.69) is 23.3 Å². The number of amides is 5.